The summed E-state index contributed by atoms with van der Waals surface area (Å²) >= 11 is 0.792. The van der Waals surface area contributed by atoms with Crippen LogP contribution in [0.25, 0.3) is 0 Å². The number of hydrogen-bond donors (Lipinski definition) is 2. The van der Waals surface area contributed by atoms with E-state index in [-0.39, 0.29) is 0 Å². The van der Waals surface area contributed by atoms with Gasteiger partial charge in [0.15, 0.2) is 5.16 Å². The molecule has 0 bridgehead atoms. The zero-order valence-electron chi connectivity index (χ0n) is 9.60. The highest BCUT2D eigenvalue weighted by atomic mass is 32.7. The van der Waals surface area contributed by atoms with Crippen LogP contribution in [0.1, 0.15) is 24.7 Å². The maximum absolute atomic E-state index is 11.7. The molecule has 0 aromatic carbocycles. The Kier molecular flexibility index (Phi) is 4.92. The van der Waals surface area contributed by atoms with Crippen molar-refractivity contribution in [2.45, 2.75) is 32.3 Å². The van der Waals surface area contributed by atoms with Gasteiger partial charge in [-0.3, -0.25) is 4.57 Å². The molecule has 1 aromatic rings. The van der Waals surface area contributed by atoms with Crippen LogP contribution < -0.4 is 5.09 Å². The maximum Gasteiger partial charge on any atom is 0.331 e. The number of nitrogens with zero attached hydrogens (tertiary/aromatic N) is 2. The first-order valence-electron chi connectivity index (χ1n) is 5.03. The third-order valence-corrected chi connectivity index (χ3v) is 4.56. The van der Waals surface area contributed by atoms with Crippen LogP contribution in [0.15, 0.2) is 11.2 Å². The van der Waals surface area contributed by atoms with Gasteiger partial charge in [-0.15, -0.1) is 0 Å². The van der Waals surface area contributed by atoms with Crippen molar-refractivity contribution in [1.29, 1.82) is 0 Å². The summed E-state index contributed by atoms with van der Waals surface area (Å²) in [5.74, 6) is 0. The van der Waals surface area contributed by atoms with E-state index < -0.39 is 6.72 Å². The summed E-state index contributed by atoms with van der Waals surface area (Å²) in [7, 11) is 0. The second kappa shape index (κ2) is 5.77. The van der Waals surface area contributed by atoms with E-state index in [0.29, 0.717) is 11.7 Å². The zero-order valence-corrected chi connectivity index (χ0v) is 11.3. The van der Waals surface area contributed by atoms with Crippen LogP contribution in [0, 0.1) is 13.8 Å². The predicted molar refractivity (Wildman–Crippen MR) is 65.5 cm³/mol. The number of hydrogen-bond acceptors (Lipinski definition) is 4. The fourth-order valence-electron chi connectivity index (χ4n) is 1.13. The Labute approximate surface area is 99.3 Å². The molecule has 1 aromatic heterocycles. The van der Waals surface area contributed by atoms with Crippen molar-refractivity contribution in [2.24, 2.45) is 0 Å². The van der Waals surface area contributed by atoms with E-state index >= 15 is 0 Å². The van der Waals surface area contributed by atoms with E-state index in [9.17, 15) is 9.46 Å². The van der Waals surface area contributed by atoms with Crippen molar-refractivity contribution in [2.75, 3.05) is 6.54 Å². The first kappa shape index (κ1) is 13.6. The van der Waals surface area contributed by atoms with Gasteiger partial charge in [0.05, 0.1) is 0 Å². The van der Waals surface area contributed by atoms with Crippen molar-refractivity contribution >= 4 is 18.1 Å². The van der Waals surface area contributed by atoms with Crippen molar-refractivity contribution in [3.8, 4) is 0 Å². The normalized spacial score (nSPS) is 14.8. The number of aryl methyl sites for hydroxylation is 2. The minimum atomic E-state index is -3.43. The fraction of sp³-hybridized carbons (Fsp3) is 0.556. The van der Waals surface area contributed by atoms with Crippen LogP contribution in [-0.2, 0) is 4.57 Å². The molecule has 1 unspecified atom stereocenters. The van der Waals surface area contributed by atoms with Crippen molar-refractivity contribution in [1.82, 2.24) is 15.1 Å². The second-order valence-electron chi connectivity index (χ2n) is 3.45. The van der Waals surface area contributed by atoms with Gasteiger partial charge in [-0.25, -0.2) is 15.1 Å². The molecule has 1 heterocycles. The Balaban J connectivity index is 2.75. The molecule has 90 valence electrons. The molecular weight excluding hydrogens is 245 g/mol. The van der Waals surface area contributed by atoms with Crippen molar-refractivity contribution in [3.05, 3.63) is 17.5 Å². The van der Waals surface area contributed by atoms with Gasteiger partial charge in [-0.1, -0.05) is 6.92 Å². The monoisotopic (exact) mass is 261 g/mol. The highest BCUT2D eigenvalue weighted by Gasteiger charge is 2.21. The summed E-state index contributed by atoms with van der Waals surface area (Å²) in [5.41, 5.74) is 1.59. The van der Waals surface area contributed by atoms with Crippen LogP contribution in [0.5, 0.6) is 0 Å². The number of nitrogens with one attached hydrogen (secondary N) is 1. The van der Waals surface area contributed by atoms with Crippen LogP contribution >= 0.6 is 18.1 Å². The average molecular weight is 261 g/mol. The molecule has 0 saturated carbocycles. The maximum atomic E-state index is 11.7. The lowest BCUT2D eigenvalue weighted by Crippen LogP contribution is -2.09. The quantitative estimate of drug-likeness (QED) is 0.625. The molecule has 0 aliphatic rings. The van der Waals surface area contributed by atoms with E-state index in [2.05, 4.69) is 15.1 Å². The summed E-state index contributed by atoms with van der Waals surface area (Å²) in [4.78, 5) is 17.8. The Morgan fingerprint density at radius 1 is 1.44 bits per heavy atom. The lowest BCUT2D eigenvalue weighted by Gasteiger charge is -2.10. The highest BCUT2D eigenvalue weighted by molar-refractivity contribution is 8.55. The molecular formula is C9H16N3O2PS. The van der Waals surface area contributed by atoms with E-state index in [1.165, 1.54) is 0 Å². The summed E-state index contributed by atoms with van der Waals surface area (Å²) < 4.78 is 11.7. The topological polar surface area (TPSA) is 75.1 Å². The zero-order chi connectivity index (χ0) is 12.2. The fourth-order valence-corrected chi connectivity index (χ4v) is 3.67. The van der Waals surface area contributed by atoms with Gasteiger partial charge in [0.25, 0.3) is 0 Å². The van der Waals surface area contributed by atoms with E-state index in [4.69, 9.17) is 0 Å². The average Bonchev–Trinajstić information content (AvgIpc) is 2.12. The third kappa shape index (κ3) is 4.61. The van der Waals surface area contributed by atoms with Gasteiger partial charge in [0, 0.05) is 29.3 Å². The Morgan fingerprint density at radius 3 is 2.50 bits per heavy atom. The summed E-state index contributed by atoms with van der Waals surface area (Å²) in [6.07, 6.45) is 0.804. The molecule has 0 amide bonds. The third-order valence-electron chi connectivity index (χ3n) is 1.73. The second-order valence-corrected chi connectivity index (χ2v) is 7.39. The minimum Gasteiger partial charge on any atom is -0.325 e. The van der Waals surface area contributed by atoms with Crippen LogP contribution in [0.4, 0.5) is 0 Å². The molecule has 0 aliphatic heterocycles. The number of rotatable bonds is 5. The minimum absolute atomic E-state index is 0.340. The smallest absolute Gasteiger partial charge is 0.325 e. The predicted octanol–water partition coefficient (Wildman–Crippen LogP) is 2.29. The van der Waals surface area contributed by atoms with Gasteiger partial charge < -0.3 is 4.89 Å². The largest absolute Gasteiger partial charge is 0.331 e. The molecule has 0 fully saturated rings. The first-order valence-corrected chi connectivity index (χ1v) is 8.11. The van der Waals surface area contributed by atoms with E-state index in [1.54, 1.807) is 0 Å². The Hall–Kier alpha value is -0.420. The molecule has 1 rings (SSSR count). The van der Waals surface area contributed by atoms with Crippen LogP contribution in [0.2, 0.25) is 0 Å². The molecule has 16 heavy (non-hydrogen) atoms. The Morgan fingerprint density at radius 2 is 2.00 bits per heavy atom. The summed E-state index contributed by atoms with van der Waals surface area (Å²) in [6.45, 7) is 2.68. The van der Waals surface area contributed by atoms with E-state index in [0.717, 1.165) is 29.2 Å². The van der Waals surface area contributed by atoms with Gasteiger partial charge in [-0.05, 0) is 26.3 Å². The first-order chi connectivity index (χ1) is 7.43. The summed E-state index contributed by atoms with van der Waals surface area (Å²) in [6, 6.07) is 1.83. The highest BCUT2D eigenvalue weighted by Crippen LogP contribution is 2.53. The summed E-state index contributed by atoms with van der Waals surface area (Å²) in [5, 5.41) is 2.93. The molecule has 5 nitrogen and oxygen atoms in total. The molecule has 0 saturated heterocycles. The van der Waals surface area contributed by atoms with Crippen molar-refractivity contribution in [3.63, 3.8) is 0 Å². The van der Waals surface area contributed by atoms with Crippen LogP contribution in [-0.4, -0.2) is 21.4 Å². The van der Waals surface area contributed by atoms with Crippen molar-refractivity contribution < 1.29 is 9.46 Å². The van der Waals surface area contributed by atoms with Crippen LogP contribution in [0.3, 0.4) is 0 Å². The standard InChI is InChI=1S/C9H16N3O2PS/c1-4-5-10-15(13,14)16-9-11-7(2)6-8(3)12-9/h6H,4-5H2,1-3H3,(H2,10,13,14). The van der Waals surface area contributed by atoms with Gasteiger partial charge in [-0.2, -0.15) is 0 Å². The molecule has 1 atom stereocenters. The van der Waals surface area contributed by atoms with Gasteiger partial charge in [0.1, 0.15) is 0 Å². The molecule has 0 aliphatic carbocycles. The van der Waals surface area contributed by atoms with Gasteiger partial charge in [0.2, 0.25) is 0 Å². The molecule has 7 heteroatoms. The lowest BCUT2D eigenvalue weighted by atomic mass is 10.4. The van der Waals surface area contributed by atoms with Gasteiger partial charge >= 0.3 is 6.72 Å². The van der Waals surface area contributed by atoms with E-state index in [1.807, 2.05) is 26.8 Å². The molecule has 0 radical (unpaired) electrons. The Bertz CT molecular complexity index is 393. The molecule has 2 N–H and O–H groups in total. The lowest BCUT2D eigenvalue weighted by molar-refractivity contribution is 0.482. The SMILES string of the molecule is CCCNP(=O)(O)Sc1nc(C)cc(C)n1. The molecule has 0 spiro atoms. The number of aromatic nitrogens is 2.